The van der Waals surface area contributed by atoms with Gasteiger partial charge in [-0.3, -0.25) is 14.9 Å². The van der Waals surface area contributed by atoms with Crippen molar-refractivity contribution in [1.29, 1.82) is 0 Å². The summed E-state index contributed by atoms with van der Waals surface area (Å²) in [7, 11) is 0. The molecule has 0 saturated carbocycles. The van der Waals surface area contributed by atoms with Gasteiger partial charge in [0.15, 0.2) is 1.41 Å². The van der Waals surface area contributed by atoms with Crippen LogP contribution in [0.4, 0.5) is 0 Å². The number of benzene rings is 1. The van der Waals surface area contributed by atoms with Crippen LogP contribution in [-0.2, 0) is 0 Å². The van der Waals surface area contributed by atoms with Gasteiger partial charge in [0.1, 0.15) is 0 Å². The lowest BCUT2D eigenvalue weighted by Crippen LogP contribution is -2.19. The fraction of sp³-hybridized carbons (Fsp3) is 0. The van der Waals surface area contributed by atoms with E-state index < -0.39 is 11.8 Å². The summed E-state index contributed by atoms with van der Waals surface area (Å²) in [5.41, 5.74) is 0.634. The van der Waals surface area contributed by atoms with Crippen molar-refractivity contribution in [2.75, 3.05) is 0 Å². The van der Waals surface area contributed by atoms with E-state index in [0.29, 0.717) is 16.4 Å². The van der Waals surface area contributed by atoms with Gasteiger partial charge in [0.25, 0.3) is 11.8 Å². The van der Waals surface area contributed by atoms with Crippen molar-refractivity contribution in [3.05, 3.63) is 35.4 Å². The third kappa shape index (κ3) is 0.741. The quantitative estimate of drug-likeness (QED) is 0.547. The number of fused-ring (bicyclic) bond motifs is 1. The van der Waals surface area contributed by atoms with Crippen LogP contribution in [0.2, 0.25) is 1.41 Å². The summed E-state index contributed by atoms with van der Waals surface area (Å²) in [6, 6.07) is 6.43. The number of hydrogen-bond donors (Lipinski definition) is 1. The number of carbonyl (C=O) groups is 2. The van der Waals surface area contributed by atoms with E-state index in [9.17, 15) is 9.59 Å². The van der Waals surface area contributed by atoms with Crippen LogP contribution in [-0.4, -0.2) is 11.8 Å². The molecular formula is C8H5NO2. The Morgan fingerprint density at radius 1 is 1.09 bits per heavy atom. The first-order valence-electron chi connectivity index (χ1n) is 3.63. The van der Waals surface area contributed by atoms with Crippen molar-refractivity contribution >= 4 is 11.8 Å². The second-order valence-corrected chi connectivity index (χ2v) is 2.27. The number of nitrogens with one attached hydrogen (secondary N) is 1. The fourth-order valence-corrected chi connectivity index (χ4v) is 1.07. The molecule has 1 heterocycles. The van der Waals surface area contributed by atoms with Crippen LogP contribution in [0.5, 0.6) is 0 Å². The van der Waals surface area contributed by atoms with Crippen LogP contribution in [0.1, 0.15) is 20.7 Å². The van der Waals surface area contributed by atoms with Gasteiger partial charge in [0, 0.05) is 0 Å². The van der Waals surface area contributed by atoms with Gasteiger partial charge in [0.2, 0.25) is 0 Å². The minimum absolute atomic E-state index is 0.317. The van der Waals surface area contributed by atoms with E-state index >= 15 is 0 Å². The van der Waals surface area contributed by atoms with Crippen molar-refractivity contribution in [2.45, 2.75) is 0 Å². The molecular weight excluding hydrogens is 142 g/mol. The highest BCUT2D eigenvalue weighted by molar-refractivity contribution is 6.21. The van der Waals surface area contributed by atoms with Crippen LogP contribution >= 0.6 is 0 Å². The van der Waals surface area contributed by atoms with Gasteiger partial charge in [0.05, 0.1) is 11.1 Å². The standard InChI is InChI=1S/C8H5NO2/c10-7-5-3-1-2-4-6(5)8(11)9-7/h1-4H,(H,9,10,11)/i/hD. The van der Waals surface area contributed by atoms with Gasteiger partial charge < -0.3 is 0 Å². The first kappa shape index (κ1) is 5.07. The van der Waals surface area contributed by atoms with Crippen LogP contribution in [0.25, 0.3) is 0 Å². The molecule has 0 unspecified atom stereocenters. The molecule has 1 aliphatic rings. The maximum absolute atomic E-state index is 11.1. The molecule has 0 fully saturated rings. The fourth-order valence-electron chi connectivity index (χ4n) is 1.07. The van der Waals surface area contributed by atoms with Crippen LogP contribution < -0.4 is 5.31 Å². The number of amides is 2. The highest BCUT2D eigenvalue weighted by Gasteiger charge is 2.25. The molecule has 2 rings (SSSR count). The van der Waals surface area contributed by atoms with E-state index in [1.807, 2.05) is 0 Å². The number of rotatable bonds is 0. The van der Waals surface area contributed by atoms with Crippen LogP contribution in [0, 0.1) is 0 Å². The second kappa shape index (κ2) is 1.92. The van der Waals surface area contributed by atoms with Gasteiger partial charge >= 0.3 is 0 Å². The Hall–Kier alpha value is -1.64. The van der Waals surface area contributed by atoms with Gasteiger partial charge in [-0.2, -0.15) is 0 Å². The summed E-state index contributed by atoms with van der Waals surface area (Å²) in [5, 5.41) is 0.380. The van der Waals surface area contributed by atoms with E-state index in [-0.39, 0.29) is 0 Å². The van der Waals surface area contributed by atoms with Crippen molar-refractivity contribution in [3.8, 4) is 0 Å². The molecule has 1 N–H and O–H groups in total. The normalized spacial score (nSPS) is 16.7. The molecule has 0 radical (unpaired) electrons. The molecule has 1 aromatic rings. The van der Waals surface area contributed by atoms with E-state index in [1.54, 1.807) is 24.3 Å². The van der Waals surface area contributed by atoms with Crippen molar-refractivity contribution in [1.82, 2.24) is 5.31 Å². The molecule has 3 nitrogen and oxygen atoms in total. The lowest BCUT2D eigenvalue weighted by Gasteiger charge is -1.88. The molecule has 0 spiro atoms. The predicted molar refractivity (Wildman–Crippen MR) is 38.2 cm³/mol. The van der Waals surface area contributed by atoms with Crippen molar-refractivity contribution in [3.63, 3.8) is 0 Å². The molecule has 54 valence electrons. The van der Waals surface area contributed by atoms with E-state index in [0.717, 1.165) is 0 Å². The van der Waals surface area contributed by atoms with E-state index in [2.05, 4.69) is 0 Å². The molecule has 1 aliphatic heterocycles. The number of imide groups is 1. The summed E-state index contributed by atoms with van der Waals surface area (Å²) in [5.74, 6) is -1.09. The highest BCUT2D eigenvalue weighted by Crippen LogP contribution is 2.13. The third-order valence-corrected chi connectivity index (χ3v) is 1.59. The molecule has 2 amide bonds. The van der Waals surface area contributed by atoms with Crippen LogP contribution in [0.3, 0.4) is 0 Å². The smallest absolute Gasteiger partial charge is 0.258 e. The van der Waals surface area contributed by atoms with E-state index in [4.69, 9.17) is 1.41 Å². The molecule has 0 aromatic heterocycles. The Labute approximate surface area is 64.5 Å². The van der Waals surface area contributed by atoms with Gasteiger partial charge in [-0.15, -0.1) is 0 Å². The summed E-state index contributed by atoms with van der Waals surface area (Å²) in [4.78, 5) is 22.2. The zero-order chi connectivity index (χ0) is 8.72. The SMILES string of the molecule is [2H]N1C(=O)c2ccccc2C1=O. The van der Waals surface area contributed by atoms with Crippen molar-refractivity contribution < 1.29 is 11.0 Å². The van der Waals surface area contributed by atoms with Gasteiger partial charge in [-0.1, -0.05) is 12.1 Å². The largest absolute Gasteiger partial charge is 0.288 e. The predicted octanol–water partition coefficient (Wildman–Crippen LogP) is 0.570. The number of hydrogen-bond acceptors (Lipinski definition) is 2. The van der Waals surface area contributed by atoms with E-state index in [1.165, 1.54) is 0 Å². The molecule has 0 atom stereocenters. The first-order chi connectivity index (χ1) is 5.72. The van der Waals surface area contributed by atoms with Gasteiger partial charge in [-0.25, -0.2) is 0 Å². The number of carbonyl (C=O) groups excluding carboxylic acids is 2. The lowest BCUT2D eigenvalue weighted by atomic mass is 10.1. The summed E-state index contributed by atoms with van der Waals surface area (Å²) in [6.07, 6.45) is 0. The average Bonchev–Trinajstić information content (AvgIpc) is 2.33. The highest BCUT2D eigenvalue weighted by atomic mass is 16.2. The molecule has 0 bridgehead atoms. The Balaban J connectivity index is 2.67. The van der Waals surface area contributed by atoms with Crippen molar-refractivity contribution in [2.24, 2.45) is 0 Å². The molecule has 11 heavy (non-hydrogen) atoms. The van der Waals surface area contributed by atoms with Crippen LogP contribution in [0.15, 0.2) is 24.3 Å². The maximum atomic E-state index is 11.1. The zero-order valence-electron chi connectivity index (χ0n) is 6.57. The lowest BCUT2D eigenvalue weighted by molar-refractivity contribution is 0.0879. The Morgan fingerprint density at radius 2 is 1.55 bits per heavy atom. The maximum Gasteiger partial charge on any atom is 0.258 e. The summed E-state index contributed by atoms with van der Waals surface area (Å²) in [6.45, 7) is 0. The molecule has 3 heteroatoms. The summed E-state index contributed by atoms with van der Waals surface area (Å²) < 4.78 is 7.06. The first-order valence-corrected chi connectivity index (χ1v) is 3.18. The summed E-state index contributed by atoms with van der Waals surface area (Å²) >= 11 is 0. The Morgan fingerprint density at radius 3 is 2.00 bits per heavy atom. The molecule has 0 aliphatic carbocycles. The minimum atomic E-state index is -0.546. The molecule has 0 saturated heterocycles. The zero-order valence-corrected chi connectivity index (χ0v) is 5.57. The average molecular weight is 148 g/mol. The minimum Gasteiger partial charge on any atom is -0.288 e. The molecule has 1 aromatic carbocycles. The Bertz CT molecular complexity index is 340. The monoisotopic (exact) mass is 148 g/mol. The third-order valence-electron chi connectivity index (χ3n) is 1.59. The second-order valence-electron chi connectivity index (χ2n) is 2.27. The Kier molecular flexibility index (Phi) is 0.885. The topological polar surface area (TPSA) is 46.2 Å². The van der Waals surface area contributed by atoms with Gasteiger partial charge in [-0.05, 0) is 12.1 Å².